The van der Waals surface area contributed by atoms with Crippen molar-refractivity contribution in [2.75, 3.05) is 25.2 Å². The Balaban J connectivity index is -0.000000115. The number of hydrogen-bond donors (Lipinski definition) is 1. The predicted molar refractivity (Wildman–Crippen MR) is 146 cm³/mol. The molecule has 2 heterocycles. The summed E-state index contributed by atoms with van der Waals surface area (Å²) in [7, 11) is 0. The molecule has 0 unspecified atom stereocenters. The summed E-state index contributed by atoms with van der Waals surface area (Å²) >= 11 is 8.89. The third kappa shape index (κ3) is 26.2. The number of nitro groups is 2. The summed E-state index contributed by atoms with van der Waals surface area (Å²) in [4.78, 5) is 58.9. The molecule has 2 aromatic heterocycles. The van der Waals surface area contributed by atoms with Crippen molar-refractivity contribution in [3.63, 3.8) is 0 Å². The van der Waals surface area contributed by atoms with Crippen molar-refractivity contribution in [2.45, 2.75) is 21.3 Å². The first kappa shape index (κ1) is 51.4. The van der Waals surface area contributed by atoms with E-state index in [1.165, 1.54) is 24.3 Å². The summed E-state index contributed by atoms with van der Waals surface area (Å²) in [6.45, 7) is 3.55. The molecule has 0 aromatic carbocycles. The van der Waals surface area contributed by atoms with Gasteiger partial charge in [0.2, 0.25) is 20.7 Å². The van der Waals surface area contributed by atoms with Crippen LogP contribution in [0, 0.1) is 20.2 Å². The Hall–Kier alpha value is -0.217. The van der Waals surface area contributed by atoms with Crippen LogP contribution in [0.2, 0.25) is 0 Å². The van der Waals surface area contributed by atoms with E-state index in [4.69, 9.17) is 19.9 Å². The van der Waals surface area contributed by atoms with Gasteiger partial charge in [-0.15, -0.1) is 0 Å². The van der Waals surface area contributed by atoms with Crippen molar-refractivity contribution in [1.29, 1.82) is 0 Å². The maximum Gasteiger partial charge on any atom is 1.00 e. The SMILES string of the molecule is C.CCOC(=O)CBr.CCOC(=O)COc1ccc(Br)nc1[N+](=O)[O-].O=CO[O-].O=[N+]([O-])c1nc(Br)ccc1O.[H-].[K+].[K+]. The van der Waals surface area contributed by atoms with Gasteiger partial charge in [0.15, 0.2) is 6.61 Å². The first-order valence-electron chi connectivity index (χ1n) is 9.91. The number of rotatable bonds is 9. The van der Waals surface area contributed by atoms with E-state index in [1.54, 1.807) is 13.8 Å². The van der Waals surface area contributed by atoms with Crippen molar-refractivity contribution >= 4 is 77.8 Å². The minimum absolute atomic E-state index is 0. The summed E-state index contributed by atoms with van der Waals surface area (Å²) < 4.78 is 14.7. The van der Waals surface area contributed by atoms with Crippen LogP contribution >= 0.6 is 47.8 Å². The van der Waals surface area contributed by atoms with Gasteiger partial charge >= 0.3 is 126 Å². The van der Waals surface area contributed by atoms with Crippen molar-refractivity contribution in [3.05, 3.63) is 53.7 Å². The van der Waals surface area contributed by atoms with Gasteiger partial charge in [0.05, 0.1) is 13.2 Å². The van der Waals surface area contributed by atoms with Crippen molar-refractivity contribution in [3.8, 4) is 11.5 Å². The summed E-state index contributed by atoms with van der Waals surface area (Å²) in [5.74, 6) is -2.31. The minimum Gasteiger partial charge on any atom is -1.00 e. The Bertz CT molecular complexity index is 1110. The third-order valence-electron chi connectivity index (χ3n) is 3.08. The molecule has 17 nitrogen and oxygen atoms in total. The second kappa shape index (κ2) is 32.2. The molecule has 0 aliphatic carbocycles. The Morgan fingerprint density at radius 1 is 0.952 bits per heavy atom. The van der Waals surface area contributed by atoms with Crippen LogP contribution in [0.1, 0.15) is 22.7 Å². The number of aromatic hydroxyl groups is 1. The Morgan fingerprint density at radius 2 is 1.38 bits per heavy atom. The van der Waals surface area contributed by atoms with Gasteiger partial charge in [-0.05, 0) is 45.8 Å². The van der Waals surface area contributed by atoms with E-state index >= 15 is 0 Å². The van der Waals surface area contributed by atoms with Gasteiger partial charge in [0.1, 0.15) is 5.33 Å². The molecule has 0 saturated heterocycles. The van der Waals surface area contributed by atoms with Gasteiger partial charge in [-0.2, -0.15) is 0 Å². The molecule has 22 heteroatoms. The molecular formula is C20H25Br3K2N4O13. The topological polar surface area (TPSA) is 243 Å². The van der Waals surface area contributed by atoms with Gasteiger partial charge in [-0.3, -0.25) is 9.59 Å². The van der Waals surface area contributed by atoms with E-state index in [0.29, 0.717) is 21.1 Å². The monoisotopic (exact) mass is 844 g/mol. The van der Waals surface area contributed by atoms with Gasteiger partial charge < -0.3 is 51.1 Å². The molecule has 0 amide bonds. The van der Waals surface area contributed by atoms with Crippen LogP contribution in [-0.4, -0.2) is 68.5 Å². The fourth-order valence-electron chi connectivity index (χ4n) is 1.75. The van der Waals surface area contributed by atoms with Crippen LogP contribution in [-0.2, 0) is 28.7 Å². The Labute approximate surface area is 351 Å². The molecule has 0 radical (unpaired) electrons. The van der Waals surface area contributed by atoms with Crippen LogP contribution in [0.5, 0.6) is 11.5 Å². The van der Waals surface area contributed by atoms with E-state index in [1.807, 2.05) is 0 Å². The van der Waals surface area contributed by atoms with Crippen LogP contribution in [0.15, 0.2) is 33.5 Å². The quantitative estimate of drug-likeness (QED) is 0.0394. The van der Waals surface area contributed by atoms with Crippen LogP contribution in [0.4, 0.5) is 11.6 Å². The number of alkyl halides is 1. The zero-order valence-corrected chi connectivity index (χ0v) is 33.0. The maximum absolute atomic E-state index is 11.0. The molecule has 0 saturated carbocycles. The van der Waals surface area contributed by atoms with Crippen molar-refractivity contribution in [2.24, 2.45) is 0 Å². The van der Waals surface area contributed by atoms with E-state index in [0.717, 1.165) is 0 Å². The summed E-state index contributed by atoms with van der Waals surface area (Å²) in [6.07, 6.45) is 0. The molecule has 2 aromatic rings. The normalized spacial score (nSPS) is 8.33. The van der Waals surface area contributed by atoms with E-state index in [9.17, 15) is 29.8 Å². The molecular weight excluding hydrogens is 822 g/mol. The molecule has 0 aliphatic heterocycles. The number of aromatic nitrogens is 2. The molecule has 226 valence electrons. The number of esters is 2. The zero-order valence-electron chi connectivity index (χ0n) is 23.0. The first-order valence-corrected chi connectivity index (χ1v) is 12.6. The molecule has 0 atom stereocenters. The molecule has 0 fully saturated rings. The molecule has 0 spiro atoms. The molecule has 42 heavy (non-hydrogen) atoms. The number of pyridine rings is 2. The second-order valence-corrected chi connectivity index (χ2v) is 7.86. The van der Waals surface area contributed by atoms with Crippen LogP contribution in [0.3, 0.4) is 0 Å². The minimum atomic E-state index is -0.750. The van der Waals surface area contributed by atoms with E-state index in [-0.39, 0.29) is 136 Å². The first-order chi connectivity index (χ1) is 18.4. The standard InChI is InChI=1S/C9H9BrN2O5.C5H3BrN2O3.C4H7BrO2.CH2O3.CH4.2K.H/c1-2-16-8(13)5-17-6-3-4-7(10)11-9(6)12(14)15;6-4-2-1-3(9)5(7-4)8(10)11;1-2-7-4(6)3-5;2-1-4-3;;;;/h3-4H,2,5H2,1H3;1-2,9H;2-3H2,1H3;1,3H;1H4;;;/q;;;;;2*+1;-1/p-1. The number of nitrogens with zero attached hydrogens (tertiary/aromatic N) is 4. The Morgan fingerprint density at radius 3 is 1.74 bits per heavy atom. The Kier molecular flexibility index (Phi) is 39.4. The second-order valence-electron chi connectivity index (χ2n) is 5.67. The van der Waals surface area contributed by atoms with E-state index < -0.39 is 39.8 Å². The smallest absolute Gasteiger partial charge is 1.00 e. The van der Waals surface area contributed by atoms with Gasteiger partial charge in [-0.1, -0.05) is 23.4 Å². The summed E-state index contributed by atoms with van der Waals surface area (Å²) in [6, 6.07) is 5.46. The number of carbonyl (C=O) groups excluding carboxylic acids is 3. The van der Waals surface area contributed by atoms with Crippen molar-refractivity contribution in [1.82, 2.24) is 9.97 Å². The van der Waals surface area contributed by atoms with Crippen LogP contribution in [0.25, 0.3) is 0 Å². The van der Waals surface area contributed by atoms with Gasteiger partial charge in [0.25, 0.3) is 6.47 Å². The number of carbonyl (C=O) groups is 3. The largest absolute Gasteiger partial charge is 1.00 e. The number of ether oxygens (including phenoxy) is 3. The zero-order chi connectivity index (χ0) is 30.4. The van der Waals surface area contributed by atoms with Crippen molar-refractivity contribution < 1.29 is 158 Å². The van der Waals surface area contributed by atoms with Gasteiger partial charge in [0, 0.05) is 44.0 Å². The molecule has 2 rings (SSSR count). The summed E-state index contributed by atoms with van der Waals surface area (Å²) in [5, 5.41) is 38.4. The summed E-state index contributed by atoms with van der Waals surface area (Å²) in [5.41, 5.74) is 0. The average molecular weight is 847 g/mol. The number of halogens is 3. The van der Waals surface area contributed by atoms with Crippen LogP contribution < -0.4 is 113 Å². The van der Waals surface area contributed by atoms with E-state index in [2.05, 4.69) is 72.1 Å². The van der Waals surface area contributed by atoms with Gasteiger partial charge in [-0.25, -0.2) is 4.79 Å². The molecule has 0 bridgehead atoms. The number of hydrogen-bond acceptors (Lipinski definition) is 15. The molecule has 1 N–H and O–H groups in total. The maximum atomic E-state index is 11.0. The fourth-order valence-corrected chi connectivity index (χ4v) is 2.51. The predicted octanol–water partition coefficient (Wildman–Crippen LogP) is -2.71. The average Bonchev–Trinajstić information content (AvgIpc) is 2.90. The molecule has 0 aliphatic rings. The fraction of sp³-hybridized carbons (Fsp3) is 0.350. The third-order valence-corrected chi connectivity index (χ3v) is 4.42.